The van der Waals surface area contributed by atoms with Gasteiger partial charge in [0.15, 0.2) is 0 Å². The van der Waals surface area contributed by atoms with E-state index in [1.807, 2.05) is 24.3 Å². The first-order chi connectivity index (χ1) is 11.1. The highest BCUT2D eigenvalue weighted by molar-refractivity contribution is 7.18. The Morgan fingerprint density at radius 3 is 2.78 bits per heavy atom. The number of para-hydroxylation sites is 1. The second kappa shape index (κ2) is 6.13. The summed E-state index contributed by atoms with van der Waals surface area (Å²) in [5, 5.41) is 11.6. The topological polar surface area (TPSA) is 82.3 Å². The van der Waals surface area contributed by atoms with Crippen molar-refractivity contribution in [2.75, 3.05) is 0 Å². The first-order valence-electron chi connectivity index (χ1n) is 6.82. The third-order valence-corrected chi connectivity index (χ3v) is 4.40. The van der Waals surface area contributed by atoms with Crippen molar-refractivity contribution in [3.8, 4) is 0 Å². The van der Waals surface area contributed by atoms with Crippen LogP contribution in [0.2, 0.25) is 0 Å². The molecule has 0 fully saturated rings. The SMILES string of the molecule is Cc1c(C(=O)OCc2nc3ccccc3s2)cccc1[N+](=O)[O-]. The zero-order valence-corrected chi connectivity index (χ0v) is 13.0. The fraction of sp³-hybridized carbons (Fsp3) is 0.125. The largest absolute Gasteiger partial charge is 0.455 e. The van der Waals surface area contributed by atoms with Crippen LogP contribution in [0.3, 0.4) is 0 Å². The van der Waals surface area contributed by atoms with Crippen molar-refractivity contribution in [3.63, 3.8) is 0 Å². The summed E-state index contributed by atoms with van der Waals surface area (Å²) in [5.74, 6) is -0.592. The molecule has 0 aliphatic carbocycles. The summed E-state index contributed by atoms with van der Waals surface area (Å²) in [7, 11) is 0. The second-order valence-corrected chi connectivity index (χ2v) is 5.97. The van der Waals surface area contributed by atoms with Gasteiger partial charge in [0.1, 0.15) is 11.6 Å². The minimum atomic E-state index is -0.592. The number of benzene rings is 2. The average molecular weight is 328 g/mol. The number of hydrogen-bond acceptors (Lipinski definition) is 6. The lowest BCUT2D eigenvalue weighted by Gasteiger charge is -2.06. The maximum absolute atomic E-state index is 12.2. The number of nitro benzene ring substituents is 1. The Kier molecular flexibility index (Phi) is 4.03. The summed E-state index contributed by atoms with van der Waals surface area (Å²) in [4.78, 5) is 26.9. The molecule has 0 unspecified atom stereocenters. The van der Waals surface area contributed by atoms with Crippen molar-refractivity contribution in [1.29, 1.82) is 0 Å². The maximum atomic E-state index is 12.2. The van der Waals surface area contributed by atoms with Gasteiger partial charge < -0.3 is 4.74 Å². The molecule has 0 amide bonds. The predicted octanol–water partition coefficient (Wildman–Crippen LogP) is 3.87. The molecule has 3 aromatic rings. The molecule has 3 rings (SSSR count). The molecule has 0 saturated heterocycles. The molecule has 0 aliphatic rings. The van der Waals surface area contributed by atoms with E-state index in [0.717, 1.165) is 10.2 Å². The van der Waals surface area contributed by atoms with E-state index in [2.05, 4.69) is 4.98 Å². The Labute approximate surface area is 135 Å². The number of esters is 1. The lowest BCUT2D eigenvalue weighted by molar-refractivity contribution is -0.385. The van der Waals surface area contributed by atoms with Crippen LogP contribution in [0.25, 0.3) is 10.2 Å². The van der Waals surface area contributed by atoms with Crippen molar-refractivity contribution in [2.24, 2.45) is 0 Å². The van der Waals surface area contributed by atoms with E-state index < -0.39 is 10.9 Å². The third-order valence-electron chi connectivity index (χ3n) is 3.39. The number of rotatable bonds is 4. The van der Waals surface area contributed by atoms with Crippen molar-refractivity contribution < 1.29 is 14.5 Å². The second-order valence-electron chi connectivity index (χ2n) is 4.86. The molecule has 0 bridgehead atoms. The number of nitrogens with zero attached hydrogens (tertiary/aromatic N) is 2. The molecule has 116 valence electrons. The van der Waals surface area contributed by atoms with Gasteiger partial charge in [-0.1, -0.05) is 18.2 Å². The summed E-state index contributed by atoms with van der Waals surface area (Å²) in [5.41, 5.74) is 1.25. The Morgan fingerprint density at radius 2 is 2.04 bits per heavy atom. The Balaban J connectivity index is 1.77. The normalized spacial score (nSPS) is 10.7. The van der Waals surface area contributed by atoms with Gasteiger partial charge in [0.25, 0.3) is 5.69 Å². The number of carbonyl (C=O) groups is 1. The van der Waals surface area contributed by atoms with Crippen LogP contribution in [0.15, 0.2) is 42.5 Å². The molecule has 0 N–H and O–H groups in total. The summed E-state index contributed by atoms with van der Waals surface area (Å²) in [6.07, 6.45) is 0. The Hall–Kier alpha value is -2.80. The van der Waals surface area contributed by atoms with E-state index in [0.29, 0.717) is 10.6 Å². The smallest absolute Gasteiger partial charge is 0.339 e. The van der Waals surface area contributed by atoms with Crippen LogP contribution < -0.4 is 0 Å². The summed E-state index contributed by atoms with van der Waals surface area (Å²) >= 11 is 1.45. The number of ether oxygens (including phenoxy) is 1. The lowest BCUT2D eigenvalue weighted by Crippen LogP contribution is -2.08. The van der Waals surface area contributed by atoms with Crippen LogP contribution in [0, 0.1) is 17.0 Å². The third kappa shape index (κ3) is 3.04. The molecule has 7 heteroatoms. The number of fused-ring (bicyclic) bond motifs is 1. The van der Waals surface area contributed by atoms with Crippen LogP contribution in [0.1, 0.15) is 20.9 Å². The van der Waals surface area contributed by atoms with E-state index in [1.54, 1.807) is 0 Å². The molecule has 0 saturated carbocycles. The van der Waals surface area contributed by atoms with Gasteiger partial charge in [-0.2, -0.15) is 0 Å². The minimum absolute atomic E-state index is 0.0420. The van der Waals surface area contributed by atoms with Crippen molar-refractivity contribution in [2.45, 2.75) is 13.5 Å². The van der Waals surface area contributed by atoms with Crippen molar-refractivity contribution in [1.82, 2.24) is 4.98 Å². The molecule has 0 aliphatic heterocycles. The van der Waals surface area contributed by atoms with Gasteiger partial charge >= 0.3 is 5.97 Å². The van der Waals surface area contributed by atoms with Gasteiger partial charge in [-0.05, 0) is 25.1 Å². The molecule has 0 spiro atoms. The minimum Gasteiger partial charge on any atom is -0.455 e. The van der Waals surface area contributed by atoms with Crippen LogP contribution in [0.5, 0.6) is 0 Å². The highest BCUT2D eigenvalue weighted by Gasteiger charge is 2.19. The number of aromatic nitrogens is 1. The van der Waals surface area contributed by atoms with E-state index in [1.165, 1.54) is 36.5 Å². The summed E-state index contributed by atoms with van der Waals surface area (Å²) in [6.45, 7) is 1.58. The zero-order valence-electron chi connectivity index (χ0n) is 12.2. The van der Waals surface area contributed by atoms with E-state index in [4.69, 9.17) is 4.74 Å². The van der Waals surface area contributed by atoms with Crippen molar-refractivity contribution in [3.05, 3.63) is 68.7 Å². The standard InChI is InChI=1S/C16H12N2O4S/c1-10-11(5-4-7-13(10)18(20)21)16(19)22-9-15-17-12-6-2-3-8-14(12)23-15/h2-8H,9H2,1H3. The summed E-state index contributed by atoms with van der Waals surface area (Å²) in [6, 6.07) is 12.0. The quantitative estimate of drug-likeness (QED) is 0.412. The molecule has 1 aromatic heterocycles. The van der Waals surface area contributed by atoms with Crippen LogP contribution in [-0.4, -0.2) is 15.9 Å². The Morgan fingerprint density at radius 1 is 1.26 bits per heavy atom. The first-order valence-corrected chi connectivity index (χ1v) is 7.63. The lowest BCUT2D eigenvalue weighted by atomic mass is 10.1. The summed E-state index contributed by atoms with van der Waals surface area (Å²) < 4.78 is 6.26. The Bertz CT molecular complexity index is 871. The number of hydrogen-bond donors (Lipinski definition) is 0. The predicted molar refractivity (Wildman–Crippen MR) is 86.6 cm³/mol. The molecular formula is C16H12N2O4S. The maximum Gasteiger partial charge on any atom is 0.339 e. The molecule has 2 aromatic carbocycles. The van der Waals surface area contributed by atoms with Crippen LogP contribution in [-0.2, 0) is 11.3 Å². The van der Waals surface area contributed by atoms with Crippen LogP contribution in [0.4, 0.5) is 5.69 Å². The average Bonchev–Trinajstić information content (AvgIpc) is 2.95. The van der Waals surface area contributed by atoms with Gasteiger partial charge in [0, 0.05) is 11.6 Å². The van der Waals surface area contributed by atoms with Gasteiger partial charge in [-0.25, -0.2) is 9.78 Å². The van der Waals surface area contributed by atoms with Crippen molar-refractivity contribution >= 4 is 33.2 Å². The molecule has 0 atom stereocenters. The molecule has 23 heavy (non-hydrogen) atoms. The highest BCUT2D eigenvalue weighted by atomic mass is 32.1. The van der Waals surface area contributed by atoms with Gasteiger partial charge in [-0.15, -0.1) is 11.3 Å². The van der Waals surface area contributed by atoms with E-state index in [-0.39, 0.29) is 17.9 Å². The van der Waals surface area contributed by atoms with Gasteiger partial charge in [0.2, 0.25) is 0 Å². The highest BCUT2D eigenvalue weighted by Crippen LogP contribution is 2.24. The number of carbonyl (C=O) groups excluding carboxylic acids is 1. The van der Waals surface area contributed by atoms with Gasteiger partial charge in [-0.3, -0.25) is 10.1 Å². The van der Waals surface area contributed by atoms with Gasteiger partial charge in [0.05, 0.1) is 20.7 Å². The van der Waals surface area contributed by atoms with Crippen LogP contribution >= 0.6 is 11.3 Å². The van der Waals surface area contributed by atoms with E-state index in [9.17, 15) is 14.9 Å². The molecule has 6 nitrogen and oxygen atoms in total. The zero-order chi connectivity index (χ0) is 16.4. The fourth-order valence-corrected chi connectivity index (χ4v) is 3.11. The molecule has 1 heterocycles. The first kappa shape index (κ1) is 15.1. The van der Waals surface area contributed by atoms with E-state index >= 15 is 0 Å². The molecular weight excluding hydrogens is 316 g/mol. The number of nitro groups is 1. The number of thiazole rings is 1. The fourth-order valence-electron chi connectivity index (χ4n) is 2.23. The monoisotopic (exact) mass is 328 g/mol. The molecule has 0 radical (unpaired) electrons.